The fraction of sp³-hybridized carbons (Fsp3) is 0.308. The van der Waals surface area contributed by atoms with Crippen molar-refractivity contribution in [1.29, 1.82) is 0 Å². The van der Waals surface area contributed by atoms with Crippen molar-refractivity contribution in [3.05, 3.63) is 36.2 Å². The topological polar surface area (TPSA) is 92.9 Å². The van der Waals surface area contributed by atoms with Gasteiger partial charge >= 0.3 is 0 Å². The first-order valence-corrected chi connectivity index (χ1v) is 6.20. The van der Waals surface area contributed by atoms with Gasteiger partial charge in [0, 0.05) is 38.6 Å². The van der Waals surface area contributed by atoms with Crippen molar-refractivity contribution < 1.29 is 4.79 Å². The van der Waals surface area contributed by atoms with Gasteiger partial charge in [0.05, 0.1) is 11.1 Å². The molecule has 1 aliphatic rings. The molecule has 3 rings (SSSR count). The van der Waals surface area contributed by atoms with Crippen LogP contribution in [0.1, 0.15) is 10.4 Å². The smallest absolute Gasteiger partial charge is 0.250 e. The van der Waals surface area contributed by atoms with E-state index in [1.165, 1.54) is 6.20 Å². The molecule has 0 bridgehead atoms. The van der Waals surface area contributed by atoms with Gasteiger partial charge < -0.3 is 16.4 Å². The molecule has 1 fully saturated rings. The molecule has 100 valence electrons. The largest absolute Gasteiger partial charge is 0.366 e. The molecule has 2 heterocycles. The number of nitrogens with one attached hydrogen (secondary N) is 2. The van der Waals surface area contributed by atoms with Gasteiger partial charge in [-0.1, -0.05) is 6.07 Å². The Hall–Kier alpha value is -2.05. The number of benzene rings is 1. The van der Waals surface area contributed by atoms with Gasteiger partial charge in [-0.25, -0.2) is 0 Å². The number of fused-ring (bicyclic) bond motifs is 1. The van der Waals surface area contributed by atoms with E-state index in [-0.39, 0.29) is 0 Å². The zero-order chi connectivity index (χ0) is 13.5. The summed E-state index contributed by atoms with van der Waals surface area (Å²) in [7, 11) is 0. The summed E-state index contributed by atoms with van der Waals surface area (Å²) in [5.41, 5.74) is 6.81. The first-order valence-electron chi connectivity index (χ1n) is 6.20. The molecule has 19 heavy (non-hydrogen) atoms. The Balaban J connectivity index is 0.000000186. The number of primary amides is 1. The Morgan fingerprint density at radius 3 is 2.26 bits per heavy atom. The third kappa shape index (κ3) is 3.70. The van der Waals surface area contributed by atoms with Gasteiger partial charge in [0.1, 0.15) is 5.52 Å². The molecule has 0 radical (unpaired) electrons. The second-order valence-corrected chi connectivity index (χ2v) is 4.09. The van der Waals surface area contributed by atoms with Crippen molar-refractivity contribution >= 4 is 16.9 Å². The van der Waals surface area contributed by atoms with Gasteiger partial charge in [-0.15, -0.1) is 0 Å². The van der Waals surface area contributed by atoms with Gasteiger partial charge in [0.15, 0.2) is 0 Å². The molecule has 6 nitrogen and oxygen atoms in total. The summed E-state index contributed by atoms with van der Waals surface area (Å²) < 4.78 is 0. The van der Waals surface area contributed by atoms with E-state index in [1.54, 1.807) is 24.4 Å². The number of nitrogens with two attached hydrogens (primary N) is 1. The number of carbonyl (C=O) groups excluding carboxylic acids is 1. The van der Waals surface area contributed by atoms with Crippen LogP contribution in [-0.4, -0.2) is 42.1 Å². The van der Waals surface area contributed by atoms with E-state index in [1.807, 2.05) is 0 Å². The highest BCUT2D eigenvalue weighted by Gasteiger charge is 2.06. The van der Waals surface area contributed by atoms with Crippen LogP contribution in [0, 0.1) is 0 Å². The molecule has 1 amide bonds. The molecule has 1 aromatic heterocycles. The summed E-state index contributed by atoms with van der Waals surface area (Å²) in [6.45, 7) is 4.56. The molecule has 0 saturated carbocycles. The molecule has 2 aromatic rings. The minimum atomic E-state index is -0.480. The average molecular weight is 259 g/mol. The van der Waals surface area contributed by atoms with E-state index in [4.69, 9.17) is 5.73 Å². The number of rotatable bonds is 1. The van der Waals surface area contributed by atoms with Crippen LogP contribution in [0.25, 0.3) is 11.0 Å². The van der Waals surface area contributed by atoms with Crippen LogP contribution in [0.5, 0.6) is 0 Å². The number of hydrogen-bond donors (Lipinski definition) is 3. The molecular formula is C13H17N5O. The second kappa shape index (κ2) is 6.77. The molecule has 6 heteroatoms. The zero-order valence-electron chi connectivity index (χ0n) is 10.6. The van der Waals surface area contributed by atoms with Crippen molar-refractivity contribution in [2.45, 2.75) is 0 Å². The van der Waals surface area contributed by atoms with Crippen LogP contribution in [-0.2, 0) is 0 Å². The number of hydrogen-bond acceptors (Lipinski definition) is 5. The standard InChI is InChI=1S/C9H7N3O.C4H10N2/c10-9(13)6-2-1-3-7-8(6)12-5-4-11-7;1-2-6-4-3-5-1/h1-5H,(H2,10,13);5-6H,1-4H2. The summed E-state index contributed by atoms with van der Waals surface area (Å²) in [5, 5.41) is 6.44. The molecular weight excluding hydrogens is 242 g/mol. The number of aromatic nitrogens is 2. The first kappa shape index (κ1) is 13.4. The van der Waals surface area contributed by atoms with Crippen LogP contribution in [0.3, 0.4) is 0 Å². The summed E-state index contributed by atoms with van der Waals surface area (Å²) in [5.74, 6) is -0.480. The Kier molecular flexibility index (Phi) is 4.77. The summed E-state index contributed by atoms with van der Waals surface area (Å²) in [6, 6.07) is 5.16. The fourth-order valence-corrected chi connectivity index (χ4v) is 1.80. The average Bonchev–Trinajstić information content (AvgIpc) is 2.49. The number of amides is 1. The maximum Gasteiger partial charge on any atom is 0.250 e. The van der Waals surface area contributed by atoms with Crippen LogP contribution < -0.4 is 16.4 Å². The summed E-state index contributed by atoms with van der Waals surface area (Å²) in [6.07, 6.45) is 3.11. The Morgan fingerprint density at radius 1 is 1.05 bits per heavy atom. The van der Waals surface area contributed by atoms with Crippen molar-refractivity contribution in [3.8, 4) is 0 Å². The lowest BCUT2D eigenvalue weighted by atomic mass is 10.1. The third-order valence-electron chi connectivity index (χ3n) is 2.72. The number of para-hydroxylation sites is 1. The number of carbonyl (C=O) groups is 1. The normalized spacial score (nSPS) is 14.5. The van der Waals surface area contributed by atoms with Crippen molar-refractivity contribution in [3.63, 3.8) is 0 Å². The van der Waals surface area contributed by atoms with E-state index in [0.29, 0.717) is 16.6 Å². The quantitative estimate of drug-likeness (QED) is 0.665. The SMILES string of the molecule is C1CNCCN1.NC(=O)c1cccc2nccnc12. The molecule has 1 aromatic carbocycles. The van der Waals surface area contributed by atoms with Crippen molar-refractivity contribution in [2.24, 2.45) is 5.73 Å². The minimum absolute atomic E-state index is 0.408. The third-order valence-corrected chi connectivity index (χ3v) is 2.72. The van der Waals surface area contributed by atoms with Gasteiger partial charge in [-0.05, 0) is 12.1 Å². The highest BCUT2D eigenvalue weighted by Crippen LogP contribution is 2.12. The molecule has 0 aliphatic carbocycles. The highest BCUT2D eigenvalue weighted by atomic mass is 16.1. The summed E-state index contributed by atoms with van der Waals surface area (Å²) in [4.78, 5) is 19.1. The molecule has 0 unspecified atom stereocenters. The van der Waals surface area contributed by atoms with E-state index in [9.17, 15) is 4.79 Å². The lowest BCUT2D eigenvalue weighted by Crippen LogP contribution is -2.39. The molecule has 1 saturated heterocycles. The minimum Gasteiger partial charge on any atom is -0.366 e. The predicted molar refractivity (Wildman–Crippen MR) is 73.8 cm³/mol. The lowest BCUT2D eigenvalue weighted by Gasteiger charge is -2.11. The first-order chi connectivity index (χ1) is 9.29. The maximum atomic E-state index is 11.0. The van der Waals surface area contributed by atoms with Crippen LogP contribution in [0.15, 0.2) is 30.6 Å². The van der Waals surface area contributed by atoms with Crippen molar-refractivity contribution in [1.82, 2.24) is 20.6 Å². The second-order valence-electron chi connectivity index (χ2n) is 4.09. The van der Waals surface area contributed by atoms with Crippen molar-refractivity contribution in [2.75, 3.05) is 26.2 Å². The maximum absolute atomic E-state index is 11.0. The van der Waals surface area contributed by atoms with E-state index in [2.05, 4.69) is 20.6 Å². The van der Waals surface area contributed by atoms with Crippen LogP contribution >= 0.6 is 0 Å². The molecule has 0 atom stereocenters. The highest BCUT2D eigenvalue weighted by molar-refractivity contribution is 6.03. The monoisotopic (exact) mass is 259 g/mol. The predicted octanol–water partition coefficient (Wildman–Crippen LogP) is -0.0921. The Bertz CT molecular complexity index is 537. The zero-order valence-corrected chi connectivity index (χ0v) is 10.6. The van der Waals surface area contributed by atoms with E-state index < -0.39 is 5.91 Å². The van der Waals surface area contributed by atoms with Gasteiger partial charge in [0.2, 0.25) is 0 Å². The van der Waals surface area contributed by atoms with Gasteiger partial charge in [-0.3, -0.25) is 14.8 Å². The molecule has 4 N–H and O–H groups in total. The van der Waals surface area contributed by atoms with Gasteiger partial charge in [0.25, 0.3) is 5.91 Å². The van der Waals surface area contributed by atoms with Gasteiger partial charge in [-0.2, -0.15) is 0 Å². The molecule has 1 aliphatic heterocycles. The lowest BCUT2D eigenvalue weighted by molar-refractivity contribution is 0.100. The van der Waals surface area contributed by atoms with Crippen LogP contribution in [0.2, 0.25) is 0 Å². The molecule has 0 spiro atoms. The van der Waals surface area contributed by atoms with Crippen LogP contribution in [0.4, 0.5) is 0 Å². The number of nitrogens with zero attached hydrogens (tertiary/aromatic N) is 2. The Morgan fingerprint density at radius 2 is 1.68 bits per heavy atom. The number of piperazine rings is 1. The Labute approximate surface area is 111 Å². The van der Waals surface area contributed by atoms with E-state index >= 15 is 0 Å². The van der Waals surface area contributed by atoms with E-state index in [0.717, 1.165) is 26.2 Å². The summed E-state index contributed by atoms with van der Waals surface area (Å²) >= 11 is 0. The fourth-order valence-electron chi connectivity index (χ4n) is 1.80.